The number of carbonyl (C=O) groups excluding carboxylic acids is 1. The fourth-order valence-electron chi connectivity index (χ4n) is 3.93. The number of para-hydroxylation sites is 2. The van der Waals surface area contributed by atoms with Crippen LogP contribution in [0, 0.1) is 0 Å². The van der Waals surface area contributed by atoms with Crippen LogP contribution in [0.2, 0.25) is 0 Å². The number of phenols is 1. The van der Waals surface area contributed by atoms with E-state index in [1.807, 2.05) is 48.2 Å². The second-order valence-corrected chi connectivity index (χ2v) is 7.50. The Morgan fingerprint density at radius 2 is 1.90 bits per heavy atom. The first-order valence-corrected chi connectivity index (χ1v) is 10.2. The van der Waals surface area contributed by atoms with Crippen LogP contribution in [0.15, 0.2) is 42.5 Å². The lowest BCUT2D eigenvalue weighted by Crippen LogP contribution is -3.15. The summed E-state index contributed by atoms with van der Waals surface area (Å²) in [4.78, 5) is 18.2. The highest BCUT2D eigenvalue weighted by atomic mass is 16.7. The Kier molecular flexibility index (Phi) is 5.76. The lowest BCUT2D eigenvalue weighted by atomic mass is 10.2. The maximum absolute atomic E-state index is 12.9. The van der Waals surface area contributed by atoms with E-state index in [9.17, 15) is 9.90 Å². The molecule has 2 heterocycles. The number of aromatic hydroxyl groups is 1. The van der Waals surface area contributed by atoms with Gasteiger partial charge in [0, 0.05) is 13.1 Å². The first kappa shape index (κ1) is 19.4. The largest absolute Gasteiger partial charge is 0.506 e. The lowest BCUT2D eigenvalue weighted by molar-refractivity contribution is -0.892. The molecule has 29 heavy (non-hydrogen) atoms. The first-order chi connectivity index (χ1) is 14.1. The molecule has 1 amide bonds. The number of likely N-dealkylation sites (N-methyl/N-ethyl adjacent to an activating group) is 1. The topological polar surface area (TPSA) is 66.7 Å². The Balaban J connectivity index is 1.31. The molecule has 7 heteroatoms. The molecule has 0 aromatic heterocycles. The summed E-state index contributed by atoms with van der Waals surface area (Å²) in [6.07, 6.45) is 0. The Morgan fingerprint density at radius 3 is 2.66 bits per heavy atom. The fraction of sp³-hybridized carbons (Fsp3) is 0.409. The van der Waals surface area contributed by atoms with Crippen LogP contribution in [0.1, 0.15) is 12.5 Å². The smallest absolute Gasteiger partial charge is 0.278 e. The number of quaternary nitrogens is 1. The van der Waals surface area contributed by atoms with Gasteiger partial charge in [0.15, 0.2) is 18.0 Å². The van der Waals surface area contributed by atoms with Crippen molar-refractivity contribution >= 4 is 11.6 Å². The molecule has 2 aliphatic heterocycles. The number of amides is 1. The average molecular weight is 398 g/mol. The zero-order valence-electron chi connectivity index (χ0n) is 16.8. The summed E-state index contributed by atoms with van der Waals surface area (Å²) >= 11 is 0. The van der Waals surface area contributed by atoms with Crippen LogP contribution in [0.4, 0.5) is 5.69 Å². The van der Waals surface area contributed by atoms with Crippen LogP contribution >= 0.6 is 0 Å². The molecule has 0 aliphatic carbocycles. The van der Waals surface area contributed by atoms with E-state index < -0.39 is 0 Å². The summed E-state index contributed by atoms with van der Waals surface area (Å²) in [7, 11) is 0. The standard InChI is InChI=1S/C22H27N3O4/c1-2-24(14-17-7-8-20-21(13-17)29-16-28-20)22(27)15-23-9-11-25(12-10-23)18-5-3-4-6-19(18)26/h3-8,13,26H,2,9-12,14-16H2,1H3/p+1. The number of fused-ring (bicyclic) bond motifs is 1. The minimum Gasteiger partial charge on any atom is -0.506 e. The summed E-state index contributed by atoms with van der Waals surface area (Å²) in [5, 5.41) is 10.1. The van der Waals surface area contributed by atoms with Gasteiger partial charge in [0.25, 0.3) is 5.91 Å². The number of hydrogen-bond acceptors (Lipinski definition) is 5. The molecule has 1 fully saturated rings. The number of rotatable bonds is 6. The number of ether oxygens (including phenoxy) is 2. The van der Waals surface area contributed by atoms with E-state index >= 15 is 0 Å². The number of anilines is 1. The Bertz CT molecular complexity index is 865. The van der Waals surface area contributed by atoms with Crippen LogP contribution in [0.25, 0.3) is 0 Å². The van der Waals surface area contributed by atoms with Gasteiger partial charge in [-0.2, -0.15) is 0 Å². The molecule has 0 atom stereocenters. The van der Waals surface area contributed by atoms with Gasteiger partial charge < -0.3 is 29.3 Å². The van der Waals surface area contributed by atoms with Crippen molar-refractivity contribution in [1.29, 1.82) is 0 Å². The van der Waals surface area contributed by atoms with Crippen molar-refractivity contribution < 1.29 is 24.3 Å². The maximum atomic E-state index is 12.9. The van der Waals surface area contributed by atoms with E-state index in [1.54, 1.807) is 6.07 Å². The van der Waals surface area contributed by atoms with Crippen LogP contribution in [0.5, 0.6) is 17.2 Å². The Hall–Kier alpha value is -2.93. The number of hydrogen-bond donors (Lipinski definition) is 2. The Morgan fingerprint density at radius 1 is 1.14 bits per heavy atom. The summed E-state index contributed by atoms with van der Waals surface area (Å²) in [5.41, 5.74) is 1.92. The molecule has 2 aromatic rings. The maximum Gasteiger partial charge on any atom is 0.278 e. The van der Waals surface area contributed by atoms with E-state index in [1.165, 1.54) is 4.90 Å². The minimum absolute atomic E-state index is 0.163. The first-order valence-electron chi connectivity index (χ1n) is 10.2. The molecule has 4 rings (SSSR count). The normalized spacial score (nSPS) is 16.1. The van der Waals surface area contributed by atoms with E-state index in [0.717, 1.165) is 48.9 Å². The molecule has 154 valence electrons. The van der Waals surface area contributed by atoms with Crippen LogP contribution in [-0.2, 0) is 11.3 Å². The summed E-state index contributed by atoms with van der Waals surface area (Å²) in [6, 6.07) is 13.3. The number of benzene rings is 2. The predicted molar refractivity (Wildman–Crippen MR) is 110 cm³/mol. The molecule has 0 unspecified atom stereocenters. The molecule has 2 N–H and O–H groups in total. The van der Waals surface area contributed by atoms with Gasteiger partial charge in [-0.15, -0.1) is 0 Å². The Labute approximate surface area is 171 Å². The molecular formula is C22H28N3O4+. The number of carbonyl (C=O) groups is 1. The quantitative estimate of drug-likeness (QED) is 0.756. The van der Waals surface area contributed by atoms with Crippen molar-refractivity contribution in [3.63, 3.8) is 0 Å². The monoisotopic (exact) mass is 398 g/mol. The van der Waals surface area contributed by atoms with Gasteiger partial charge in [0.05, 0.1) is 31.9 Å². The second-order valence-electron chi connectivity index (χ2n) is 7.50. The van der Waals surface area contributed by atoms with Crippen molar-refractivity contribution in [2.45, 2.75) is 13.5 Å². The predicted octanol–water partition coefficient (Wildman–Crippen LogP) is 0.875. The number of nitrogens with zero attached hydrogens (tertiary/aromatic N) is 2. The van der Waals surface area contributed by atoms with Gasteiger partial charge >= 0.3 is 0 Å². The van der Waals surface area contributed by atoms with E-state index in [0.29, 0.717) is 25.4 Å². The number of nitrogens with one attached hydrogen (secondary N) is 1. The van der Waals surface area contributed by atoms with Crippen LogP contribution < -0.4 is 19.3 Å². The lowest BCUT2D eigenvalue weighted by Gasteiger charge is -2.34. The van der Waals surface area contributed by atoms with Gasteiger partial charge in [-0.25, -0.2) is 0 Å². The summed E-state index contributed by atoms with van der Waals surface area (Å²) in [5.74, 6) is 1.98. The number of piperazine rings is 1. The zero-order valence-corrected chi connectivity index (χ0v) is 16.8. The van der Waals surface area contributed by atoms with Gasteiger partial charge in [-0.05, 0) is 36.8 Å². The van der Waals surface area contributed by atoms with Crippen molar-refractivity contribution in [2.24, 2.45) is 0 Å². The van der Waals surface area contributed by atoms with Crippen LogP contribution in [-0.4, -0.2) is 62.0 Å². The van der Waals surface area contributed by atoms with Crippen molar-refractivity contribution in [3.8, 4) is 17.2 Å². The van der Waals surface area contributed by atoms with Crippen molar-refractivity contribution in [2.75, 3.05) is 51.0 Å². The fourth-order valence-corrected chi connectivity index (χ4v) is 3.93. The highest BCUT2D eigenvalue weighted by Crippen LogP contribution is 2.32. The molecular weight excluding hydrogens is 370 g/mol. The van der Waals surface area contributed by atoms with Crippen molar-refractivity contribution in [3.05, 3.63) is 48.0 Å². The minimum atomic E-state index is 0.163. The van der Waals surface area contributed by atoms with Gasteiger partial charge in [0.2, 0.25) is 6.79 Å². The summed E-state index contributed by atoms with van der Waals surface area (Å²) < 4.78 is 10.8. The SMILES string of the molecule is CCN(Cc1ccc2c(c1)OCO2)C(=O)C[NH+]1CCN(c2ccccc2O)CC1. The zero-order chi connectivity index (χ0) is 20.2. The van der Waals surface area contributed by atoms with Gasteiger partial charge in [-0.3, -0.25) is 4.79 Å². The third-order valence-corrected chi connectivity index (χ3v) is 5.64. The van der Waals surface area contributed by atoms with E-state index in [4.69, 9.17) is 9.47 Å². The molecule has 2 aliphatic rings. The van der Waals surface area contributed by atoms with E-state index in [2.05, 4.69) is 4.90 Å². The molecule has 0 radical (unpaired) electrons. The molecule has 1 saturated heterocycles. The highest BCUT2D eigenvalue weighted by Gasteiger charge is 2.25. The summed E-state index contributed by atoms with van der Waals surface area (Å²) in [6.45, 7) is 7.41. The van der Waals surface area contributed by atoms with Crippen LogP contribution in [0.3, 0.4) is 0 Å². The molecule has 0 saturated carbocycles. The third-order valence-electron chi connectivity index (χ3n) is 5.64. The van der Waals surface area contributed by atoms with E-state index in [-0.39, 0.29) is 12.7 Å². The number of phenolic OH excluding ortho intramolecular Hbond substituents is 1. The highest BCUT2D eigenvalue weighted by molar-refractivity contribution is 5.77. The van der Waals surface area contributed by atoms with Crippen molar-refractivity contribution in [1.82, 2.24) is 4.90 Å². The van der Waals surface area contributed by atoms with Gasteiger partial charge in [0.1, 0.15) is 5.75 Å². The second kappa shape index (κ2) is 8.61. The molecule has 2 aromatic carbocycles. The molecule has 0 spiro atoms. The molecule has 7 nitrogen and oxygen atoms in total. The molecule has 0 bridgehead atoms. The van der Waals surface area contributed by atoms with Gasteiger partial charge in [-0.1, -0.05) is 18.2 Å². The third kappa shape index (κ3) is 4.40. The average Bonchev–Trinajstić information content (AvgIpc) is 3.21.